The predicted molar refractivity (Wildman–Crippen MR) is 108 cm³/mol. The summed E-state index contributed by atoms with van der Waals surface area (Å²) in [6.45, 7) is 4.01. The second kappa shape index (κ2) is 8.24. The fourth-order valence-corrected chi connectivity index (χ4v) is 3.29. The van der Waals surface area contributed by atoms with Crippen molar-refractivity contribution in [2.24, 2.45) is 0 Å². The van der Waals surface area contributed by atoms with Gasteiger partial charge in [0.15, 0.2) is 16.9 Å². The number of hydrogen-bond donors (Lipinski definition) is 3. The lowest BCUT2D eigenvalue weighted by molar-refractivity contribution is -0.105. The summed E-state index contributed by atoms with van der Waals surface area (Å²) < 4.78 is 19.9. The number of rotatable bonds is 7. The van der Waals surface area contributed by atoms with Crippen molar-refractivity contribution in [1.29, 1.82) is 0 Å². The van der Waals surface area contributed by atoms with Gasteiger partial charge < -0.3 is 15.2 Å². The van der Waals surface area contributed by atoms with Gasteiger partial charge in [-0.15, -0.1) is 10.2 Å². The number of carbonyl (C=O) groups is 1. The van der Waals surface area contributed by atoms with E-state index in [0.29, 0.717) is 17.7 Å². The SMILES string of the molecule is CC(C)Nc1c(NC=O)nnc2ccc(-c3ccc(CS(=O)O)cc3)cc12. The number of aromatic nitrogens is 2. The van der Waals surface area contributed by atoms with Crippen LogP contribution in [0.4, 0.5) is 11.5 Å². The number of benzene rings is 2. The summed E-state index contributed by atoms with van der Waals surface area (Å²) in [4.78, 5) is 10.9. The van der Waals surface area contributed by atoms with Crippen molar-refractivity contribution in [3.05, 3.63) is 48.0 Å². The van der Waals surface area contributed by atoms with Gasteiger partial charge >= 0.3 is 0 Å². The normalized spacial score (nSPS) is 12.1. The summed E-state index contributed by atoms with van der Waals surface area (Å²) >= 11 is -1.86. The molecule has 0 saturated carbocycles. The molecular formula is C19H20N4O3S. The first-order valence-electron chi connectivity index (χ1n) is 8.42. The monoisotopic (exact) mass is 384 g/mol. The van der Waals surface area contributed by atoms with Gasteiger partial charge in [0, 0.05) is 11.4 Å². The zero-order chi connectivity index (χ0) is 19.4. The van der Waals surface area contributed by atoms with Gasteiger partial charge in [0.1, 0.15) is 0 Å². The number of anilines is 2. The molecular weight excluding hydrogens is 364 g/mol. The highest BCUT2D eigenvalue weighted by molar-refractivity contribution is 7.78. The van der Waals surface area contributed by atoms with Gasteiger partial charge in [-0.1, -0.05) is 30.3 Å². The lowest BCUT2D eigenvalue weighted by Gasteiger charge is -2.16. The second-order valence-electron chi connectivity index (χ2n) is 6.38. The molecule has 1 atom stereocenters. The van der Waals surface area contributed by atoms with Crippen LogP contribution in [0, 0.1) is 0 Å². The summed E-state index contributed by atoms with van der Waals surface area (Å²) in [5.74, 6) is 0.487. The molecule has 1 heterocycles. The molecule has 1 aromatic heterocycles. The molecule has 27 heavy (non-hydrogen) atoms. The van der Waals surface area contributed by atoms with Crippen molar-refractivity contribution in [2.45, 2.75) is 25.6 Å². The van der Waals surface area contributed by atoms with Crippen molar-refractivity contribution >= 4 is 39.9 Å². The molecule has 0 fully saturated rings. The van der Waals surface area contributed by atoms with Gasteiger partial charge in [0.2, 0.25) is 6.41 Å². The number of fused-ring (bicyclic) bond motifs is 1. The van der Waals surface area contributed by atoms with E-state index in [0.717, 1.165) is 27.8 Å². The summed E-state index contributed by atoms with van der Waals surface area (Å²) in [7, 11) is 0. The highest BCUT2D eigenvalue weighted by Crippen LogP contribution is 2.32. The third-order valence-corrected chi connectivity index (χ3v) is 4.55. The van der Waals surface area contributed by atoms with Gasteiger partial charge in [-0.3, -0.25) is 4.79 Å². The Labute approximate surface area is 159 Å². The van der Waals surface area contributed by atoms with E-state index in [9.17, 15) is 9.00 Å². The molecule has 0 aliphatic heterocycles. The first kappa shape index (κ1) is 18.9. The molecule has 0 spiro atoms. The highest BCUT2D eigenvalue weighted by atomic mass is 32.2. The Kier molecular flexibility index (Phi) is 5.78. The summed E-state index contributed by atoms with van der Waals surface area (Å²) in [5, 5.41) is 15.0. The Bertz CT molecular complexity index is 990. The molecule has 0 radical (unpaired) electrons. The van der Waals surface area contributed by atoms with E-state index in [1.807, 2.05) is 56.3 Å². The molecule has 8 heteroatoms. The summed E-state index contributed by atoms with van der Waals surface area (Å²) in [6.07, 6.45) is 0.578. The second-order valence-corrected chi connectivity index (χ2v) is 7.31. The third-order valence-electron chi connectivity index (χ3n) is 3.97. The zero-order valence-corrected chi connectivity index (χ0v) is 15.8. The molecule has 2 aromatic carbocycles. The average Bonchev–Trinajstić information content (AvgIpc) is 2.63. The first-order chi connectivity index (χ1) is 13.0. The van der Waals surface area contributed by atoms with E-state index in [-0.39, 0.29) is 11.8 Å². The molecule has 1 unspecified atom stereocenters. The van der Waals surface area contributed by atoms with Crippen molar-refractivity contribution in [3.8, 4) is 11.1 Å². The van der Waals surface area contributed by atoms with Crippen LogP contribution in [0.5, 0.6) is 0 Å². The fraction of sp³-hybridized carbons (Fsp3) is 0.211. The van der Waals surface area contributed by atoms with Crippen molar-refractivity contribution in [2.75, 3.05) is 10.6 Å². The van der Waals surface area contributed by atoms with E-state index >= 15 is 0 Å². The topological polar surface area (TPSA) is 104 Å². The standard InChI is InChI=1S/C19H20N4O3S/c1-12(2)21-18-16-9-15(7-8-17(16)22-23-19(18)20-11-24)14-5-3-13(4-6-14)10-27(25)26/h3-9,11-12H,10H2,1-2H3,(H,21,22)(H,25,26)(H,20,23,24). The van der Waals surface area contributed by atoms with Crippen LogP contribution in [0.1, 0.15) is 19.4 Å². The van der Waals surface area contributed by atoms with Gasteiger partial charge in [0.05, 0.1) is 17.0 Å². The smallest absolute Gasteiger partial charge is 0.212 e. The number of nitrogens with zero attached hydrogens (tertiary/aromatic N) is 2. The van der Waals surface area contributed by atoms with Crippen LogP contribution in [-0.4, -0.2) is 31.4 Å². The lowest BCUT2D eigenvalue weighted by Crippen LogP contribution is -2.13. The van der Waals surface area contributed by atoms with E-state index < -0.39 is 11.1 Å². The molecule has 3 aromatic rings. The van der Waals surface area contributed by atoms with Crippen molar-refractivity contribution in [1.82, 2.24) is 10.2 Å². The zero-order valence-electron chi connectivity index (χ0n) is 15.0. The minimum Gasteiger partial charge on any atom is -0.379 e. The molecule has 0 bridgehead atoms. The van der Waals surface area contributed by atoms with Crippen molar-refractivity contribution < 1.29 is 13.6 Å². The Hall–Kier alpha value is -2.84. The third kappa shape index (κ3) is 4.47. The number of carbonyl (C=O) groups excluding carboxylic acids is 1. The molecule has 0 saturated heterocycles. The van der Waals surface area contributed by atoms with E-state index in [1.165, 1.54) is 0 Å². The Morgan fingerprint density at radius 1 is 1.11 bits per heavy atom. The molecule has 0 aliphatic rings. The predicted octanol–water partition coefficient (Wildman–Crippen LogP) is 3.41. The molecule has 1 amide bonds. The number of hydrogen-bond acceptors (Lipinski definition) is 5. The van der Waals surface area contributed by atoms with E-state index in [4.69, 9.17) is 4.55 Å². The van der Waals surface area contributed by atoms with Crippen LogP contribution in [0.25, 0.3) is 22.0 Å². The van der Waals surface area contributed by atoms with Crippen LogP contribution in [0.3, 0.4) is 0 Å². The van der Waals surface area contributed by atoms with Gasteiger partial charge in [-0.2, -0.15) is 0 Å². The van der Waals surface area contributed by atoms with Gasteiger partial charge in [-0.05, 0) is 42.7 Å². The first-order valence-corrected chi connectivity index (χ1v) is 9.69. The van der Waals surface area contributed by atoms with Crippen molar-refractivity contribution in [3.63, 3.8) is 0 Å². The van der Waals surface area contributed by atoms with E-state index in [1.54, 1.807) is 0 Å². The Morgan fingerprint density at radius 2 is 1.81 bits per heavy atom. The maximum absolute atomic E-state index is 10.9. The van der Waals surface area contributed by atoms with Gasteiger partial charge in [-0.25, -0.2) is 4.21 Å². The molecule has 0 aliphatic carbocycles. The quantitative estimate of drug-likeness (QED) is 0.426. The van der Waals surface area contributed by atoms with Crippen LogP contribution in [0.2, 0.25) is 0 Å². The van der Waals surface area contributed by atoms with Crippen LogP contribution in [0.15, 0.2) is 42.5 Å². The summed E-state index contributed by atoms with van der Waals surface area (Å²) in [6, 6.07) is 13.5. The summed E-state index contributed by atoms with van der Waals surface area (Å²) in [5.41, 5.74) is 4.17. The highest BCUT2D eigenvalue weighted by Gasteiger charge is 2.13. The molecule has 3 N–H and O–H groups in total. The minimum atomic E-state index is -1.86. The maximum atomic E-state index is 10.9. The maximum Gasteiger partial charge on any atom is 0.212 e. The Morgan fingerprint density at radius 3 is 2.44 bits per heavy atom. The van der Waals surface area contributed by atoms with E-state index in [2.05, 4.69) is 20.8 Å². The van der Waals surface area contributed by atoms with Gasteiger partial charge in [0.25, 0.3) is 0 Å². The van der Waals surface area contributed by atoms with Crippen LogP contribution in [-0.2, 0) is 21.6 Å². The molecule has 3 rings (SSSR count). The molecule has 140 valence electrons. The van der Waals surface area contributed by atoms with Crippen LogP contribution >= 0.6 is 0 Å². The number of amides is 1. The Balaban J connectivity index is 2.07. The van der Waals surface area contributed by atoms with Crippen LogP contribution < -0.4 is 10.6 Å². The minimum absolute atomic E-state index is 0.108. The largest absolute Gasteiger partial charge is 0.379 e. The average molecular weight is 384 g/mol. The molecule has 7 nitrogen and oxygen atoms in total. The fourth-order valence-electron chi connectivity index (χ4n) is 2.81. The number of nitrogens with one attached hydrogen (secondary N) is 2. The lowest BCUT2D eigenvalue weighted by atomic mass is 10.0.